The van der Waals surface area contributed by atoms with Gasteiger partial charge in [0.05, 0.1) is 6.07 Å². The van der Waals surface area contributed by atoms with Gasteiger partial charge in [-0.2, -0.15) is 5.26 Å². The molecule has 0 aliphatic rings. The molecule has 0 aromatic rings. The fraction of sp³-hybridized carbons (Fsp3) is 0.200. The van der Waals surface area contributed by atoms with Crippen molar-refractivity contribution >= 4 is 21.8 Å². The van der Waals surface area contributed by atoms with Crippen LogP contribution in [0.5, 0.6) is 0 Å². The highest BCUT2D eigenvalue weighted by molar-refractivity contribution is 9.12. The number of nitriles is 1. The van der Waals surface area contributed by atoms with Gasteiger partial charge < -0.3 is 5.32 Å². The van der Waals surface area contributed by atoms with E-state index in [1.165, 1.54) is 0 Å². The first kappa shape index (κ1) is 8.00. The van der Waals surface area contributed by atoms with Crippen molar-refractivity contribution in [3.63, 3.8) is 0 Å². The molecular weight excluding hydrogens is 184 g/mol. The van der Waals surface area contributed by atoms with Crippen LogP contribution in [0, 0.1) is 22.1 Å². The molecule has 0 aromatic heterocycles. The van der Waals surface area contributed by atoms with Crippen LogP contribution in [0.25, 0.3) is 0 Å². The lowest BCUT2D eigenvalue weighted by Gasteiger charge is -1.86. The van der Waals surface area contributed by atoms with E-state index < -0.39 is 5.91 Å². The molecule has 0 unspecified atom stereocenters. The molecule has 46 valence electrons. The highest BCUT2D eigenvalue weighted by atomic mass is 79.9. The summed E-state index contributed by atoms with van der Waals surface area (Å²) < 4.78 is 0. The molecule has 0 aliphatic carbocycles. The Kier molecular flexibility index (Phi) is 4.57. The van der Waals surface area contributed by atoms with E-state index in [0.29, 0.717) is 0 Å². The number of hydrogen-bond acceptors (Lipinski definition) is 2. The fourth-order valence-electron chi connectivity index (χ4n) is 0.207. The third-order valence-corrected chi connectivity index (χ3v) is 0.687. The van der Waals surface area contributed by atoms with Gasteiger partial charge in [0.25, 0.3) is 5.91 Å². The summed E-state index contributed by atoms with van der Waals surface area (Å²) in [6.45, 7) is 0.000509. The van der Waals surface area contributed by atoms with Crippen LogP contribution in [-0.4, -0.2) is 12.5 Å². The Morgan fingerprint density at radius 1 is 1.78 bits per heavy atom. The van der Waals surface area contributed by atoms with E-state index in [2.05, 4.69) is 32.0 Å². The van der Waals surface area contributed by atoms with Crippen molar-refractivity contribution in [2.45, 2.75) is 0 Å². The number of amides is 1. The van der Waals surface area contributed by atoms with Crippen LogP contribution in [0.4, 0.5) is 0 Å². The second-order valence-electron chi connectivity index (χ2n) is 1.06. The molecule has 9 heavy (non-hydrogen) atoms. The molecule has 1 N–H and O–H groups in total. The fourth-order valence-corrected chi connectivity index (χ4v) is 0.387. The Hall–Kier alpha value is -1.00. The van der Waals surface area contributed by atoms with Crippen molar-refractivity contribution in [2.24, 2.45) is 0 Å². The monoisotopic (exact) mass is 186 g/mol. The minimum atomic E-state index is -0.451. The zero-order chi connectivity index (χ0) is 7.11. The minimum absolute atomic E-state index is 0.000509. The Balaban J connectivity index is 3.51. The summed E-state index contributed by atoms with van der Waals surface area (Å²) in [6, 6.07) is 1.74. The van der Waals surface area contributed by atoms with Gasteiger partial charge in [-0.15, -0.1) is 0 Å². The van der Waals surface area contributed by atoms with Gasteiger partial charge in [-0.25, -0.2) is 0 Å². The third kappa shape index (κ3) is 4.86. The van der Waals surface area contributed by atoms with E-state index in [9.17, 15) is 4.79 Å². The first-order valence-corrected chi connectivity index (χ1v) is 2.87. The van der Waals surface area contributed by atoms with E-state index in [0.717, 1.165) is 0 Å². The molecular formula is C5H3BrN2O. The normalized spacial score (nSPS) is 6.22. The number of nitrogens with zero attached hydrogens (tertiary/aromatic N) is 1. The van der Waals surface area contributed by atoms with Gasteiger partial charge >= 0.3 is 0 Å². The molecule has 1 amide bonds. The lowest BCUT2D eigenvalue weighted by molar-refractivity contribution is -0.115. The van der Waals surface area contributed by atoms with Crippen LogP contribution in [-0.2, 0) is 4.79 Å². The Labute approximate surface area is 61.2 Å². The zero-order valence-corrected chi connectivity index (χ0v) is 6.03. The predicted molar refractivity (Wildman–Crippen MR) is 35.3 cm³/mol. The summed E-state index contributed by atoms with van der Waals surface area (Å²) in [5.74, 6) is 1.70. The second kappa shape index (κ2) is 5.14. The van der Waals surface area contributed by atoms with Crippen molar-refractivity contribution in [1.29, 1.82) is 5.26 Å². The summed E-state index contributed by atoms with van der Waals surface area (Å²) in [7, 11) is 0. The predicted octanol–water partition coefficient (Wildman–Crippen LogP) is -0.0180. The van der Waals surface area contributed by atoms with Crippen LogP contribution in [0.1, 0.15) is 0 Å². The Bertz CT molecular complexity index is 195. The van der Waals surface area contributed by atoms with Crippen molar-refractivity contribution in [3.8, 4) is 16.8 Å². The van der Waals surface area contributed by atoms with Crippen LogP contribution in [0.2, 0.25) is 0 Å². The quantitative estimate of drug-likeness (QED) is 0.463. The summed E-state index contributed by atoms with van der Waals surface area (Å²) in [6.07, 6.45) is 0. The van der Waals surface area contributed by atoms with Gasteiger partial charge in [-0.3, -0.25) is 4.79 Å². The Morgan fingerprint density at radius 3 is 2.89 bits per heavy atom. The van der Waals surface area contributed by atoms with Crippen LogP contribution >= 0.6 is 15.9 Å². The highest BCUT2D eigenvalue weighted by Gasteiger charge is 1.89. The molecule has 0 heterocycles. The molecule has 0 saturated heterocycles. The summed E-state index contributed by atoms with van der Waals surface area (Å²) in [5.41, 5.74) is 0. The first-order valence-electron chi connectivity index (χ1n) is 2.07. The number of rotatable bonds is 1. The highest BCUT2D eigenvalue weighted by Crippen LogP contribution is 1.68. The van der Waals surface area contributed by atoms with E-state index >= 15 is 0 Å². The zero-order valence-electron chi connectivity index (χ0n) is 4.44. The molecule has 3 nitrogen and oxygen atoms in total. The van der Waals surface area contributed by atoms with E-state index in [1.54, 1.807) is 6.07 Å². The minimum Gasteiger partial charge on any atom is -0.332 e. The van der Waals surface area contributed by atoms with Gasteiger partial charge in [-0.05, 0) is 4.83 Å². The van der Waals surface area contributed by atoms with Crippen molar-refractivity contribution in [2.75, 3.05) is 6.54 Å². The average Bonchev–Trinajstić information content (AvgIpc) is 1.85. The third-order valence-electron chi connectivity index (χ3n) is 0.489. The van der Waals surface area contributed by atoms with Crippen molar-refractivity contribution in [1.82, 2.24) is 5.32 Å². The lowest BCUT2D eigenvalue weighted by Crippen LogP contribution is -2.21. The molecule has 0 radical (unpaired) electrons. The van der Waals surface area contributed by atoms with Gasteiger partial charge in [-0.1, -0.05) is 0 Å². The molecule has 0 bridgehead atoms. The molecule has 0 fully saturated rings. The molecule has 0 saturated carbocycles. The SMILES string of the molecule is N#CCNC(=O)C#CBr. The summed E-state index contributed by atoms with van der Waals surface area (Å²) in [4.78, 5) is 12.6. The average molecular weight is 187 g/mol. The van der Waals surface area contributed by atoms with Gasteiger partial charge in [0.2, 0.25) is 0 Å². The summed E-state index contributed by atoms with van der Waals surface area (Å²) in [5, 5.41) is 10.2. The second-order valence-corrected chi connectivity index (χ2v) is 1.46. The largest absolute Gasteiger partial charge is 0.332 e. The number of hydrogen-bond donors (Lipinski definition) is 1. The van der Waals surface area contributed by atoms with E-state index in [1.807, 2.05) is 0 Å². The van der Waals surface area contributed by atoms with Gasteiger partial charge in [0.1, 0.15) is 6.54 Å². The molecule has 0 atom stereocenters. The first-order chi connectivity index (χ1) is 4.31. The maximum atomic E-state index is 10.3. The molecule has 0 aliphatic heterocycles. The van der Waals surface area contributed by atoms with Crippen LogP contribution < -0.4 is 5.32 Å². The lowest BCUT2D eigenvalue weighted by atomic mass is 10.6. The van der Waals surface area contributed by atoms with Gasteiger partial charge in [0, 0.05) is 21.9 Å². The number of carbonyl (C=O) groups excluding carboxylic acids is 1. The standard InChI is InChI=1S/C5H3BrN2O/c6-2-1-5(9)8-4-3-7/h4H2,(H,8,9). The maximum absolute atomic E-state index is 10.3. The van der Waals surface area contributed by atoms with E-state index in [4.69, 9.17) is 5.26 Å². The Morgan fingerprint density at radius 2 is 2.44 bits per heavy atom. The van der Waals surface area contributed by atoms with Gasteiger partial charge in [0.15, 0.2) is 0 Å². The van der Waals surface area contributed by atoms with Crippen LogP contribution in [0.15, 0.2) is 0 Å². The number of carbonyl (C=O) groups is 1. The van der Waals surface area contributed by atoms with Crippen molar-refractivity contribution < 1.29 is 4.79 Å². The topological polar surface area (TPSA) is 52.9 Å². The molecule has 0 rings (SSSR count). The number of nitrogens with one attached hydrogen (secondary N) is 1. The molecule has 0 aromatic carbocycles. The van der Waals surface area contributed by atoms with E-state index in [-0.39, 0.29) is 6.54 Å². The van der Waals surface area contributed by atoms with Crippen LogP contribution in [0.3, 0.4) is 0 Å². The summed E-state index contributed by atoms with van der Waals surface area (Å²) >= 11 is 2.74. The molecule has 4 heteroatoms. The number of halogens is 1. The smallest absolute Gasteiger partial charge is 0.297 e. The van der Waals surface area contributed by atoms with Crippen molar-refractivity contribution in [3.05, 3.63) is 0 Å². The molecule has 0 spiro atoms. The maximum Gasteiger partial charge on any atom is 0.297 e.